The van der Waals surface area contributed by atoms with Gasteiger partial charge in [-0.1, -0.05) is 66.7 Å². The van der Waals surface area contributed by atoms with Gasteiger partial charge < -0.3 is 26.6 Å². The second kappa shape index (κ2) is 10.4. The second-order valence-corrected chi connectivity index (χ2v) is 14.4. The van der Waals surface area contributed by atoms with Gasteiger partial charge in [-0.3, -0.25) is 19.2 Å². The standard InChI is InChI=1S/C29H47N5O5/c1-27(2,3)22(32-26(39)33-29(6)12-8-7-9-13-29)25(38)34-15-17-19(28(17,4)5)20(34)24(37)31-18(14-16-10-11-16)21(35)23(30)36/h16-20,22H,7-15H2,1-6H3,(H2,30,36)(H,31,37)(H2,32,33,39)/t17?,18?,19-,20-,22+/m0/s1. The van der Waals surface area contributed by atoms with E-state index in [1.807, 2.05) is 27.7 Å². The third-order valence-electron chi connectivity index (χ3n) is 9.66. The molecule has 3 saturated carbocycles. The van der Waals surface area contributed by atoms with E-state index >= 15 is 0 Å². The van der Waals surface area contributed by atoms with Crippen LogP contribution in [0.2, 0.25) is 0 Å². The summed E-state index contributed by atoms with van der Waals surface area (Å²) in [5.74, 6) is -2.27. The van der Waals surface area contributed by atoms with Gasteiger partial charge in [0.05, 0.1) is 6.04 Å². The molecule has 1 aliphatic heterocycles. The lowest BCUT2D eigenvalue weighted by Crippen LogP contribution is -2.62. The molecule has 0 spiro atoms. The number of Topliss-reactive ketones (excluding diaryl/α,β-unsaturated/α-hetero) is 1. The highest BCUT2D eigenvalue weighted by Crippen LogP contribution is 2.65. The van der Waals surface area contributed by atoms with Crippen LogP contribution in [0.4, 0.5) is 4.79 Å². The number of carbonyl (C=O) groups excluding carboxylic acids is 5. The molecule has 4 aliphatic rings. The number of likely N-dealkylation sites (tertiary alicyclic amines) is 1. The van der Waals surface area contributed by atoms with Crippen LogP contribution in [0.3, 0.4) is 0 Å². The van der Waals surface area contributed by atoms with Gasteiger partial charge in [-0.25, -0.2) is 4.79 Å². The Bertz CT molecular complexity index is 1020. The first-order valence-corrected chi connectivity index (χ1v) is 14.6. The Labute approximate surface area is 231 Å². The minimum Gasteiger partial charge on any atom is -0.363 e. The fourth-order valence-corrected chi connectivity index (χ4v) is 6.87. The fraction of sp³-hybridized carbons (Fsp3) is 0.828. The molecule has 4 fully saturated rings. The maximum atomic E-state index is 14.1. The number of fused-ring (bicyclic) bond motifs is 1. The van der Waals surface area contributed by atoms with E-state index in [-0.39, 0.29) is 40.6 Å². The van der Waals surface area contributed by atoms with E-state index < -0.39 is 41.1 Å². The fourth-order valence-electron chi connectivity index (χ4n) is 6.87. The Hall–Kier alpha value is -2.65. The minimum atomic E-state index is -1.07. The van der Waals surface area contributed by atoms with Gasteiger partial charge in [0.1, 0.15) is 12.1 Å². The number of hydrogen-bond donors (Lipinski definition) is 4. The highest BCUT2D eigenvalue weighted by Gasteiger charge is 2.70. The van der Waals surface area contributed by atoms with Crippen molar-refractivity contribution in [1.29, 1.82) is 0 Å². The molecule has 218 valence electrons. The monoisotopic (exact) mass is 545 g/mol. The quantitative estimate of drug-likeness (QED) is 0.328. The third-order valence-corrected chi connectivity index (χ3v) is 9.66. The number of urea groups is 1. The Morgan fingerprint density at radius 1 is 0.974 bits per heavy atom. The lowest BCUT2D eigenvalue weighted by Gasteiger charge is -2.39. The second-order valence-electron chi connectivity index (χ2n) is 14.4. The van der Waals surface area contributed by atoms with Gasteiger partial charge in [0, 0.05) is 12.1 Å². The Balaban J connectivity index is 1.52. The molecule has 0 aromatic carbocycles. The van der Waals surface area contributed by atoms with Crippen LogP contribution in [0, 0.1) is 28.6 Å². The number of carbonyl (C=O) groups is 5. The summed E-state index contributed by atoms with van der Waals surface area (Å²) in [6.07, 6.45) is 7.33. The van der Waals surface area contributed by atoms with Crippen molar-refractivity contribution in [1.82, 2.24) is 20.9 Å². The average Bonchev–Trinajstić information content (AvgIpc) is 3.68. The van der Waals surface area contributed by atoms with Crippen LogP contribution in [0.25, 0.3) is 0 Å². The first-order valence-electron chi connectivity index (χ1n) is 14.6. The lowest BCUT2D eigenvalue weighted by molar-refractivity contribution is -0.145. The number of nitrogens with two attached hydrogens (primary N) is 1. The molecule has 0 aromatic heterocycles. The van der Waals surface area contributed by atoms with Crippen LogP contribution in [-0.2, 0) is 19.2 Å². The van der Waals surface area contributed by atoms with Gasteiger partial charge in [0.15, 0.2) is 0 Å². The molecule has 1 saturated heterocycles. The first-order chi connectivity index (χ1) is 18.0. The zero-order valence-electron chi connectivity index (χ0n) is 24.4. The van der Waals surface area contributed by atoms with Crippen LogP contribution in [0.5, 0.6) is 0 Å². The van der Waals surface area contributed by atoms with Crippen LogP contribution < -0.4 is 21.7 Å². The van der Waals surface area contributed by atoms with Crippen molar-refractivity contribution >= 4 is 29.5 Å². The van der Waals surface area contributed by atoms with E-state index in [9.17, 15) is 24.0 Å². The summed E-state index contributed by atoms with van der Waals surface area (Å²) in [5.41, 5.74) is 4.23. The summed E-state index contributed by atoms with van der Waals surface area (Å²) in [6, 6.07) is -3.01. The van der Waals surface area contributed by atoms with Gasteiger partial charge in [0.25, 0.3) is 5.91 Å². The van der Waals surface area contributed by atoms with Gasteiger partial charge in [0.2, 0.25) is 17.6 Å². The molecule has 10 heteroatoms. The zero-order valence-corrected chi connectivity index (χ0v) is 24.4. The van der Waals surface area contributed by atoms with E-state index in [0.29, 0.717) is 13.0 Å². The maximum absolute atomic E-state index is 14.1. The van der Waals surface area contributed by atoms with Crippen LogP contribution >= 0.6 is 0 Å². The molecule has 0 bridgehead atoms. The Morgan fingerprint density at radius 2 is 1.59 bits per heavy atom. The molecule has 2 unspecified atom stereocenters. The minimum absolute atomic E-state index is 0.0673. The third kappa shape index (κ3) is 6.24. The van der Waals surface area contributed by atoms with Crippen molar-refractivity contribution in [3.63, 3.8) is 0 Å². The van der Waals surface area contributed by atoms with Crippen LogP contribution in [0.15, 0.2) is 0 Å². The van der Waals surface area contributed by atoms with Crippen molar-refractivity contribution < 1.29 is 24.0 Å². The average molecular weight is 546 g/mol. The number of amides is 5. The first kappa shape index (κ1) is 29.3. The number of hydrogen-bond acceptors (Lipinski definition) is 5. The predicted molar refractivity (Wildman–Crippen MR) is 146 cm³/mol. The number of primary amides is 1. The van der Waals surface area contributed by atoms with E-state index in [1.165, 1.54) is 0 Å². The maximum Gasteiger partial charge on any atom is 0.315 e. The molecule has 0 aromatic rings. The van der Waals surface area contributed by atoms with Gasteiger partial charge in [-0.05, 0) is 54.8 Å². The summed E-state index contributed by atoms with van der Waals surface area (Å²) in [7, 11) is 0. The van der Waals surface area contributed by atoms with E-state index in [0.717, 1.165) is 44.9 Å². The number of nitrogens with zero attached hydrogens (tertiary/aromatic N) is 1. The van der Waals surface area contributed by atoms with Crippen LogP contribution in [-0.4, -0.2) is 64.6 Å². The van der Waals surface area contributed by atoms with Crippen molar-refractivity contribution in [3.05, 3.63) is 0 Å². The summed E-state index contributed by atoms with van der Waals surface area (Å²) in [5, 5.41) is 8.82. The summed E-state index contributed by atoms with van der Waals surface area (Å²) in [4.78, 5) is 66.7. The van der Waals surface area contributed by atoms with Crippen molar-refractivity contribution in [2.75, 3.05) is 6.54 Å². The molecule has 10 nitrogen and oxygen atoms in total. The molecule has 3 aliphatic carbocycles. The van der Waals surface area contributed by atoms with E-state index in [2.05, 4.69) is 29.8 Å². The molecular formula is C29H47N5O5. The smallest absolute Gasteiger partial charge is 0.315 e. The van der Waals surface area contributed by atoms with Crippen molar-refractivity contribution in [2.45, 2.75) is 117 Å². The molecular weight excluding hydrogens is 498 g/mol. The Morgan fingerprint density at radius 3 is 2.13 bits per heavy atom. The Kier molecular flexibility index (Phi) is 7.82. The van der Waals surface area contributed by atoms with E-state index in [4.69, 9.17) is 5.73 Å². The molecule has 5 atom stereocenters. The number of ketones is 1. The highest BCUT2D eigenvalue weighted by molar-refractivity contribution is 6.37. The predicted octanol–water partition coefficient (Wildman–Crippen LogP) is 2.25. The van der Waals surface area contributed by atoms with Gasteiger partial charge >= 0.3 is 6.03 Å². The molecule has 39 heavy (non-hydrogen) atoms. The normalized spacial score (nSPS) is 28.5. The highest BCUT2D eigenvalue weighted by atomic mass is 16.2. The van der Waals surface area contributed by atoms with Crippen molar-refractivity contribution in [2.24, 2.45) is 34.3 Å². The molecule has 1 heterocycles. The summed E-state index contributed by atoms with van der Waals surface area (Å²) >= 11 is 0. The number of piperidine rings is 1. The number of rotatable bonds is 9. The molecule has 4 rings (SSSR count). The van der Waals surface area contributed by atoms with E-state index in [1.54, 1.807) is 4.90 Å². The lowest BCUT2D eigenvalue weighted by atomic mass is 9.83. The van der Waals surface area contributed by atoms with Gasteiger partial charge in [-0.2, -0.15) is 0 Å². The molecule has 0 radical (unpaired) electrons. The van der Waals surface area contributed by atoms with Crippen molar-refractivity contribution in [3.8, 4) is 0 Å². The summed E-state index contributed by atoms with van der Waals surface area (Å²) in [6.45, 7) is 12.3. The topological polar surface area (TPSA) is 151 Å². The zero-order chi connectivity index (χ0) is 28.9. The SMILES string of the molecule is CC1(NC(=O)N[C@H](C(=O)N2CC3[C@@H]([C@H]2C(=O)NC(CC2CC2)C(=O)C(N)=O)C3(C)C)C(C)(C)C)CCCCC1. The van der Waals surface area contributed by atoms with Gasteiger partial charge in [-0.15, -0.1) is 0 Å². The van der Waals surface area contributed by atoms with Crippen LogP contribution in [0.1, 0.15) is 92.9 Å². The largest absolute Gasteiger partial charge is 0.363 e. The molecule has 5 N–H and O–H groups in total. The molecule has 5 amide bonds. The summed E-state index contributed by atoms with van der Waals surface area (Å²) < 4.78 is 0. The number of nitrogens with one attached hydrogen (secondary N) is 3.